The van der Waals surface area contributed by atoms with Crippen LogP contribution in [-0.4, -0.2) is 32.7 Å². The average Bonchev–Trinajstić information content (AvgIpc) is 2.98. The molecule has 0 radical (unpaired) electrons. The molecule has 0 atom stereocenters. The zero-order valence-corrected chi connectivity index (χ0v) is 14.4. The quantitative estimate of drug-likeness (QED) is 0.651. The summed E-state index contributed by atoms with van der Waals surface area (Å²) in [6.07, 6.45) is -4.54. The van der Waals surface area contributed by atoms with Gasteiger partial charge in [-0.15, -0.1) is 9.78 Å². The van der Waals surface area contributed by atoms with Gasteiger partial charge in [0.25, 0.3) is 0 Å². The largest absolute Gasteiger partial charge is 0.448 e. The molecular weight excluding hydrogens is 373 g/mol. The molecule has 1 aromatic carbocycles. The van der Waals surface area contributed by atoms with Crippen molar-refractivity contribution >= 4 is 28.7 Å². The number of hydrogen-bond donors (Lipinski definition) is 0. The van der Waals surface area contributed by atoms with Crippen molar-refractivity contribution in [3.8, 4) is 11.3 Å². The van der Waals surface area contributed by atoms with Gasteiger partial charge in [-0.3, -0.25) is 4.98 Å². The Hall–Kier alpha value is -2.68. The lowest BCUT2D eigenvalue weighted by Crippen LogP contribution is -2.15. The fourth-order valence-electron chi connectivity index (χ4n) is 2.45. The Morgan fingerprint density at radius 3 is 2.65 bits per heavy atom. The Morgan fingerprint density at radius 2 is 2.04 bits per heavy atom. The van der Waals surface area contributed by atoms with E-state index in [0.29, 0.717) is 28.4 Å². The topological polar surface area (TPSA) is 69.9 Å². The molecule has 6 nitrogen and oxygen atoms in total. The van der Waals surface area contributed by atoms with Crippen LogP contribution in [0.2, 0.25) is 5.02 Å². The van der Waals surface area contributed by atoms with Gasteiger partial charge in [-0.05, 0) is 37.6 Å². The Balaban J connectivity index is 2.14. The Bertz CT molecular complexity index is 1000. The first-order chi connectivity index (χ1) is 12.2. The molecule has 0 unspecified atom stereocenters. The van der Waals surface area contributed by atoms with Crippen molar-refractivity contribution in [2.45, 2.75) is 20.0 Å². The third-order valence-corrected chi connectivity index (χ3v) is 3.91. The minimum Gasteiger partial charge on any atom is -0.448 e. The second-order valence-corrected chi connectivity index (χ2v) is 5.82. The van der Waals surface area contributed by atoms with Gasteiger partial charge in [-0.25, -0.2) is 4.79 Å². The summed E-state index contributed by atoms with van der Waals surface area (Å²) in [6, 6.07) is 4.00. The molecule has 0 fully saturated rings. The van der Waals surface area contributed by atoms with Gasteiger partial charge in [-0.2, -0.15) is 13.2 Å². The second kappa shape index (κ2) is 6.56. The summed E-state index contributed by atoms with van der Waals surface area (Å²) in [6.45, 7) is 3.54. The molecule has 0 amide bonds. The summed E-state index contributed by atoms with van der Waals surface area (Å²) in [4.78, 5) is 15.8. The number of halogens is 4. The number of rotatable bonds is 2. The molecule has 0 N–H and O–H groups in total. The fourth-order valence-corrected chi connectivity index (χ4v) is 2.73. The highest BCUT2D eigenvalue weighted by Crippen LogP contribution is 2.35. The number of ether oxygens (including phenoxy) is 1. The molecule has 3 aromatic rings. The normalized spacial score (nSPS) is 11.8. The van der Waals surface area contributed by atoms with E-state index in [1.807, 2.05) is 0 Å². The van der Waals surface area contributed by atoms with E-state index in [9.17, 15) is 18.0 Å². The molecule has 10 heteroatoms. The lowest BCUT2D eigenvalue weighted by atomic mass is 10.1. The van der Waals surface area contributed by atoms with Crippen molar-refractivity contribution in [2.75, 3.05) is 6.61 Å². The number of carbonyl (C=O) groups is 1. The van der Waals surface area contributed by atoms with E-state index in [-0.39, 0.29) is 17.3 Å². The zero-order chi connectivity index (χ0) is 19.1. The van der Waals surface area contributed by atoms with E-state index in [1.165, 1.54) is 6.07 Å². The maximum absolute atomic E-state index is 12.8. The first kappa shape index (κ1) is 18.1. The van der Waals surface area contributed by atoms with Crippen molar-refractivity contribution in [1.29, 1.82) is 0 Å². The standard InChI is InChI=1S/C16H12ClF3N4O2/c1-3-26-15(25)24-12-5-9(4-8(2)13(12)22-23-24)14-11(17)6-10(7-21-14)16(18,19)20/h4-7H,3H2,1-2H3. The molecule has 0 saturated heterocycles. The minimum atomic E-state index is -4.54. The van der Waals surface area contributed by atoms with Gasteiger partial charge in [0.1, 0.15) is 11.0 Å². The summed E-state index contributed by atoms with van der Waals surface area (Å²) >= 11 is 6.01. The molecule has 0 saturated carbocycles. The van der Waals surface area contributed by atoms with E-state index in [4.69, 9.17) is 16.3 Å². The van der Waals surface area contributed by atoms with Gasteiger partial charge in [-0.1, -0.05) is 16.8 Å². The van der Waals surface area contributed by atoms with E-state index >= 15 is 0 Å². The molecular formula is C16H12ClF3N4O2. The van der Waals surface area contributed by atoms with Crippen LogP contribution in [0.4, 0.5) is 18.0 Å². The smallest absolute Gasteiger partial charge is 0.436 e. The van der Waals surface area contributed by atoms with Gasteiger partial charge >= 0.3 is 12.3 Å². The summed E-state index contributed by atoms with van der Waals surface area (Å²) in [5.41, 5.74) is 1.11. The third-order valence-electron chi connectivity index (χ3n) is 3.63. The average molecular weight is 385 g/mol. The number of carbonyl (C=O) groups excluding carboxylic acids is 1. The Kier molecular flexibility index (Phi) is 4.57. The van der Waals surface area contributed by atoms with Crippen LogP contribution in [0.25, 0.3) is 22.3 Å². The zero-order valence-electron chi connectivity index (χ0n) is 13.6. The third kappa shape index (κ3) is 3.22. The van der Waals surface area contributed by atoms with E-state index < -0.39 is 17.8 Å². The molecule has 136 valence electrons. The number of alkyl halides is 3. The van der Waals surface area contributed by atoms with Crippen LogP contribution in [0.5, 0.6) is 0 Å². The summed E-state index contributed by atoms with van der Waals surface area (Å²) in [5, 5.41) is 7.54. The molecule has 26 heavy (non-hydrogen) atoms. The maximum atomic E-state index is 12.8. The number of hydrogen-bond acceptors (Lipinski definition) is 5. The van der Waals surface area contributed by atoms with Crippen LogP contribution in [0.3, 0.4) is 0 Å². The Morgan fingerprint density at radius 1 is 1.31 bits per heavy atom. The predicted molar refractivity (Wildman–Crippen MR) is 87.9 cm³/mol. The number of nitrogens with zero attached hydrogens (tertiary/aromatic N) is 4. The highest BCUT2D eigenvalue weighted by molar-refractivity contribution is 6.33. The molecule has 0 spiro atoms. The van der Waals surface area contributed by atoms with Crippen LogP contribution in [0, 0.1) is 6.92 Å². The van der Waals surface area contributed by atoms with Crippen LogP contribution < -0.4 is 0 Å². The number of benzene rings is 1. The van der Waals surface area contributed by atoms with Crippen molar-refractivity contribution in [2.24, 2.45) is 0 Å². The van der Waals surface area contributed by atoms with E-state index in [2.05, 4.69) is 15.3 Å². The van der Waals surface area contributed by atoms with Crippen LogP contribution in [0.1, 0.15) is 18.1 Å². The van der Waals surface area contributed by atoms with Crippen LogP contribution >= 0.6 is 11.6 Å². The van der Waals surface area contributed by atoms with Crippen molar-refractivity contribution in [1.82, 2.24) is 20.0 Å². The van der Waals surface area contributed by atoms with Gasteiger partial charge in [0.05, 0.1) is 22.9 Å². The van der Waals surface area contributed by atoms with E-state index in [0.717, 1.165) is 10.7 Å². The molecule has 0 aliphatic heterocycles. The lowest BCUT2D eigenvalue weighted by Gasteiger charge is -2.10. The van der Waals surface area contributed by atoms with Gasteiger partial charge in [0.2, 0.25) is 0 Å². The first-order valence-electron chi connectivity index (χ1n) is 7.48. The highest BCUT2D eigenvalue weighted by atomic mass is 35.5. The summed E-state index contributed by atoms with van der Waals surface area (Å²) < 4.78 is 44.2. The van der Waals surface area contributed by atoms with E-state index in [1.54, 1.807) is 19.9 Å². The van der Waals surface area contributed by atoms with Gasteiger partial charge in [0.15, 0.2) is 0 Å². The summed E-state index contributed by atoms with van der Waals surface area (Å²) in [7, 11) is 0. The Labute approximate surface area is 150 Å². The van der Waals surface area contributed by atoms with Crippen molar-refractivity contribution in [3.05, 3.63) is 40.5 Å². The lowest BCUT2D eigenvalue weighted by molar-refractivity contribution is -0.137. The monoisotopic (exact) mass is 384 g/mol. The molecule has 0 aliphatic rings. The molecule has 2 heterocycles. The SMILES string of the molecule is CCOC(=O)n1nnc2c(C)cc(-c3ncc(C(F)(F)F)cc3Cl)cc21. The fraction of sp³-hybridized carbons (Fsp3) is 0.250. The number of aromatic nitrogens is 4. The highest BCUT2D eigenvalue weighted by Gasteiger charge is 2.31. The number of aryl methyl sites for hydroxylation is 1. The molecule has 0 aliphatic carbocycles. The van der Waals surface area contributed by atoms with Crippen LogP contribution in [0.15, 0.2) is 24.4 Å². The molecule has 0 bridgehead atoms. The molecule has 2 aromatic heterocycles. The van der Waals surface area contributed by atoms with Gasteiger partial charge < -0.3 is 4.74 Å². The molecule has 3 rings (SSSR count). The van der Waals surface area contributed by atoms with Crippen LogP contribution in [-0.2, 0) is 10.9 Å². The predicted octanol–water partition coefficient (Wildman–Crippen LogP) is 4.48. The van der Waals surface area contributed by atoms with Gasteiger partial charge in [0, 0.05) is 11.8 Å². The van der Waals surface area contributed by atoms with Crippen molar-refractivity contribution in [3.63, 3.8) is 0 Å². The number of fused-ring (bicyclic) bond motifs is 1. The maximum Gasteiger partial charge on any atom is 0.436 e. The second-order valence-electron chi connectivity index (χ2n) is 5.41. The first-order valence-corrected chi connectivity index (χ1v) is 7.86. The minimum absolute atomic E-state index is 0.154. The number of pyridine rings is 1. The van der Waals surface area contributed by atoms with Crippen molar-refractivity contribution < 1.29 is 22.7 Å². The summed E-state index contributed by atoms with van der Waals surface area (Å²) in [5.74, 6) is 0.